The molecule has 0 fully saturated rings. The number of aromatic nitrogens is 1. The summed E-state index contributed by atoms with van der Waals surface area (Å²) in [5, 5.41) is 15.9. The first-order valence-electron chi connectivity index (χ1n) is 25.0. The number of benzene rings is 12. The minimum absolute atomic E-state index is 0.149. The van der Waals surface area contributed by atoms with Crippen LogP contribution < -0.4 is 20.7 Å². The summed E-state index contributed by atoms with van der Waals surface area (Å²) < 4.78 is 2.46. The number of para-hydroxylation sites is 1. The third-order valence-electron chi connectivity index (χ3n) is 16.4. The average Bonchev–Trinajstić information content (AvgIpc) is 4.00. The first-order chi connectivity index (χ1) is 34.9. The van der Waals surface area contributed by atoms with E-state index in [4.69, 9.17) is 0 Å². The Labute approximate surface area is 414 Å². The van der Waals surface area contributed by atoms with Crippen molar-refractivity contribution in [2.45, 2.75) is 19.3 Å². The van der Waals surface area contributed by atoms with Crippen molar-refractivity contribution in [1.82, 2.24) is 4.57 Å². The molecule has 2 heterocycles. The van der Waals surface area contributed by atoms with Gasteiger partial charge in [-0.2, -0.15) is 0 Å². The average molecular weight is 918 g/mol. The second-order valence-corrected chi connectivity index (χ2v) is 24.1. The van der Waals surface area contributed by atoms with Gasteiger partial charge in [-0.25, -0.2) is 0 Å². The molecule has 0 bridgehead atoms. The van der Waals surface area contributed by atoms with Crippen LogP contribution in [0.4, 0.5) is 0 Å². The maximum Gasteiger partial charge on any atom is 0.180 e. The molecule has 1 aliphatic carbocycles. The van der Waals surface area contributed by atoms with Gasteiger partial charge in [0.2, 0.25) is 0 Å². The Balaban J connectivity index is 0.827. The van der Waals surface area contributed by atoms with Crippen LogP contribution in [0.5, 0.6) is 0 Å². The largest absolute Gasteiger partial charge is 0.309 e. The van der Waals surface area contributed by atoms with Gasteiger partial charge >= 0.3 is 0 Å². The second kappa shape index (κ2) is 15.0. The molecule has 1 nitrogen and oxygen atoms in total. The number of rotatable bonds is 5. The molecule has 1 aliphatic heterocycles. The Kier molecular flexibility index (Phi) is 8.50. The molecular formula is C69H47NSi. The molecule has 1 aromatic heterocycles. The lowest BCUT2D eigenvalue weighted by Crippen LogP contribution is -2.72. The van der Waals surface area contributed by atoms with E-state index in [2.05, 4.69) is 267 Å². The van der Waals surface area contributed by atoms with Gasteiger partial charge in [0.05, 0.1) is 11.0 Å². The van der Waals surface area contributed by atoms with Gasteiger partial charge in [0.1, 0.15) is 0 Å². The summed E-state index contributed by atoms with van der Waals surface area (Å²) in [7, 11) is -2.58. The second-order valence-electron chi connectivity index (χ2n) is 20.4. The van der Waals surface area contributed by atoms with Gasteiger partial charge in [0, 0.05) is 21.9 Å². The van der Waals surface area contributed by atoms with Crippen LogP contribution in [0, 0.1) is 0 Å². The summed E-state index contributed by atoms with van der Waals surface area (Å²) >= 11 is 0. The Morgan fingerprint density at radius 3 is 1.69 bits per heavy atom. The van der Waals surface area contributed by atoms with Crippen molar-refractivity contribution in [3.8, 4) is 50.2 Å². The van der Waals surface area contributed by atoms with E-state index < -0.39 is 8.07 Å². The molecule has 0 unspecified atom stereocenters. The summed E-state index contributed by atoms with van der Waals surface area (Å²) in [6.45, 7) is 4.79. The predicted molar refractivity (Wildman–Crippen MR) is 304 cm³/mol. The smallest absolute Gasteiger partial charge is 0.180 e. The standard InChI is InChI=1S/C69H47NSi/c1-69(2)63-41-47(29-33-57(63)58-34-30-48(42-64(58)69)56-25-15-17-44-16-9-10-22-55(44)56)46-31-35-66-61(39-46)59-23-11-13-26-65(59)70(66)52-32-28-45-36-51-43-68-62(40-50(51)37-49(45)38-52)60-24-12-14-27-67(60)71(68,53-18-5-3-6-19-53)54-20-7-4-8-21-54/h3-43H,1-2H3. The molecule has 2 aliphatic rings. The van der Waals surface area contributed by atoms with Crippen molar-refractivity contribution < 1.29 is 0 Å². The van der Waals surface area contributed by atoms with E-state index in [0.29, 0.717) is 0 Å². The summed E-state index contributed by atoms with van der Waals surface area (Å²) in [5.74, 6) is 0. The molecule has 15 rings (SSSR count). The number of fused-ring (bicyclic) bond motifs is 12. The minimum atomic E-state index is -2.58. The monoisotopic (exact) mass is 917 g/mol. The molecule has 0 N–H and O–H groups in total. The Morgan fingerprint density at radius 2 is 0.887 bits per heavy atom. The fraction of sp³-hybridized carbons (Fsp3) is 0.0435. The van der Waals surface area contributed by atoms with Crippen LogP contribution >= 0.6 is 0 Å². The van der Waals surface area contributed by atoms with Crippen molar-refractivity contribution >= 4 is 82.9 Å². The highest BCUT2D eigenvalue weighted by molar-refractivity contribution is 7.22. The number of hydrogen-bond acceptors (Lipinski definition) is 0. The summed E-state index contributed by atoms with van der Waals surface area (Å²) in [5.41, 5.74) is 16.7. The highest BCUT2D eigenvalue weighted by Gasteiger charge is 2.48. The topological polar surface area (TPSA) is 4.93 Å². The molecule has 0 saturated heterocycles. The molecule has 332 valence electrons. The highest BCUT2D eigenvalue weighted by atomic mass is 28.3. The van der Waals surface area contributed by atoms with Gasteiger partial charge in [-0.15, -0.1) is 0 Å². The predicted octanol–water partition coefficient (Wildman–Crippen LogP) is 15.2. The van der Waals surface area contributed by atoms with Crippen LogP contribution in [0.15, 0.2) is 249 Å². The van der Waals surface area contributed by atoms with E-state index >= 15 is 0 Å². The van der Waals surface area contributed by atoms with Crippen molar-refractivity contribution in [2.75, 3.05) is 0 Å². The molecule has 12 aromatic carbocycles. The van der Waals surface area contributed by atoms with Crippen LogP contribution in [0.1, 0.15) is 25.0 Å². The Morgan fingerprint density at radius 1 is 0.310 bits per heavy atom. The Hall–Kier alpha value is -8.56. The summed E-state index contributed by atoms with van der Waals surface area (Å²) in [4.78, 5) is 0. The lowest BCUT2D eigenvalue weighted by Gasteiger charge is -2.31. The molecule has 0 spiro atoms. The molecule has 0 amide bonds. The maximum absolute atomic E-state index is 2.58. The fourth-order valence-electron chi connectivity index (χ4n) is 13.1. The molecular weight excluding hydrogens is 871 g/mol. The zero-order chi connectivity index (χ0) is 47.0. The van der Waals surface area contributed by atoms with Crippen LogP contribution in [0.3, 0.4) is 0 Å². The Bertz CT molecular complexity index is 4320. The van der Waals surface area contributed by atoms with E-state index in [1.165, 1.54) is 136 Å². The van der Waals surface area contributed by atoms with Crippen LogP contribution in [0.2, 0.25) is 0 Å². The van der Waals surface area contributed by atoms with Gasteiger partial charge in [-0.05, 0) is 169 Å². The normalized spacial score (nSPS) is 14.0. The van der Waals surface area contributed by atoms with Crippen LogP contribution in [-0.2, 0) is 5.41 Å². The van der Waals surface area contributed by atoms with Crippen molar-refractivity contribution in [2.24, 2.45) is 0 Å². The van der Waals surface area contributed by atoms with Gasteiger partial charge in [0.15, 0.2) is 8.07 Å². The van der Waals surface area contributed by atoms with Gasteiger partial charge in [-0.3, -0.25) is 0 Å². The highest BCUT2D eigenvalue weighted by Crippen LogP contribution is 2.51. The van der Waals surface area contributed by atoms with Crippen LogP contribution in [-0.4, -0.2) is 12.6 Å². The van der Waals surface area contributed by atoms with Crippen molar-refractivity contribution in [1.29, 1.82) is 0 Å². The minimum Gasteiger partial charge on any atom is -0.309 e. The van der Waals surface area contributed by atoms with E-state index in [-0.39, 0.29) is 5.41 Å². The molecule has 2 heteroatoms. The van der Waals surface area contributed by atoms with Crippen LogP contribution in [0.25, 0.3) is 104 Å². The van der Waals surface area contributed by atoms with E-state index in [1.807, 2.05) is 0 Å². The molecule has 0 saturated carbocycles. The molecule has 0 atom stereocenters. The van der Waals surface area contributed by atoms with E-state index in [9.17, 15) is 0 Å². The summed E-state index contributed by atoms with van der Waals surface area (Å²) in [6.07, 6.45) is 0. The zero-order valence-corrected chi connectivity index (χ0v) is 40.6. The van der Waals surface area contributed by atoms with Crippen molar-refractivity contribution in [3.63, 3.8) is 0 Å². The number of nitrogens with zero attached hydrogens (tertiary/aromatic N) is 1. The third-order valence-corrected chi connectivity index (χ3v) is 21.3. The zero-order valence-electron chi connectivity index (χ0n) is 39.6. The molecule has 71 heavy (non-hydrogen) atoms. The number of hydrogen-bond donors (Lipinski definition) is 0. The lowest BCUT2D eigenvalue weighted by atomic mass is 9.80. The first-order valence-corrected chi connectivity index (χ1v) is 27.0. The summed E-state index contributed by atoms with van der Waals surface area (Å²) in [6, 6.07) is 94.3. The molecule has 13 aromatic rings. The van der Waals surface area contributed by atoms with E-state index in [1.54, 1.807) is 0 Å². The SMILES string of the molecule is CC1(C)c2cc(-c3ccc4c(c3)c3ccccc3n4-c3ccc4cc5cc6c(cc5cc4c3)-c3ccccc3[Si]6(c3ccccc3)c3ccccc3)ccc2-c2ccc(-c3cccc4ccccc34)cc21. The molecule has 0 radical (unpaired) electrons. The van der Waals surface area contributed by atoms with Gasteiger partial charge in [-0.1, -0.05) is 202 Å². The van der Waals surface area contributed by atoms with Gasteiger partial charge < -0.3 is 4.57 Å². The van der Waals surface area contributed by atoms with E-state index in [0.717, 1.165) is 0 Å². The van der Waals surface area contributed by atoms with Crippen molar-refractivity contribution in [3.05, 3.63) is 260 Å². The fourth-order valence-corrected chi connectivity index (χ4v) is 18.3. The maximum atomic E-state index is 2.54. The lowest BCUT2D eigenvalue weighted by molar-refractivity contribution is 0.661. The first kappa shape index (κ1) is 40.3. The van der Waals surface area contributed by atoms with Gasteiger partial charge in [0.25, 0.3) is 0 Å². The quantitative estimate of drug-likeness (QED) is 0.120. The third kappa shape index (κ3) is 5.74.